The maximum atomic E-state index is 11.8. The smallest absolute Gasteiger partial charge is 0.330 e. The second-order valence-corrected chi connectivity index (χ2v) is 9.97. The number of carbonyl (C=O) groups excluding carboxylic acids is 1. The lowest BCUT2D eigenvalue weighted by molar-refractivity contribution is -0.134. The summed E-state index contributed by atoms with van der Waals surface area (Å²) in [6, 6.07) is 31.9. The molecule has 3 heteroatoms. The van der Waals surface area contributed by atoms with E-state index in [1.165, 1.54) is 23.0 Å². The molecule has 0 saturated heterocycles. The van der Waals surface area contributed by atoms with Gasteiger partial charge in [0.05, 0.1) is 13.3 Å². The molecule has 0 fully saturated rings. The van der Waals surface area contributed by atoms with Crippen molar-refractivity contribution < 1.29 is 9.53 Å². The Kier molecular flexibility index (Phi) is 6.21. The fourth-order valence-corrected chi connectivity index (χ4v) is 7.77. The Labute approximate surface area is 161 Å². The van der Waals surface area contributed by atoms with Gasteiger partial charge in [-0.05, 0) is 48.9 Å². The highest BCUT2D eigenvalue weighted by Crippen LogP contribution is 2.56. The van der Waals surface area contributed by atoms with Gasteiger partial charge in [0, 0.05) is 6.08 Å². The Bertz CT molecular complexity index is 806. The summed E-state index contributed by atoms with van der Waals surface area (Å²) >= 11 is 0. The second-order valence-electron chi connectivity index (χ2n) is 6.49. The van der Waals surface area contributed by atoms with Gasteiger partial charge in [0.2, 0.25) is 0 Å². The normalized spacial score (nSPS) is 11.9. The van der Waals surface area contributed by atoms with Crippen molar-refractivity contribution in [2.45, 2.75) is 6.92 Å². The van der Waals surface area contributed by atoms with Crippen LogP contribution in [0.5, 0.6) is 0 Å². The quantitative estimate of drug-likeness (QED) is 0.368. The molecular weight excluding hydrogens is 351 g/mol. The van der Waals surface area contributed by atoms with E-state index in [1.54, 1.807) is 6.08 Å². The van der Waals surface area contributed by atoms with E-state index in [4.69, 9.17) is 4.74 Å². The average molecular weight is 375 g/mol. The fraction of sp³-hybridized carbons (Fsp3) is 0.125. The largest absolute Gasteiger partial charge is 0.466 e. The molecule has 0 spiro atoms. The minimum absolute atomic E-state index is 0.306. The van der Waals surface area contributed by atoms with E-state index in [-0.39, 0.29) is 5.97 Å². The summed E-state index contributed by atoms with van der Waals surface area (Å²) < 4.78 is 4.85. The molecule has 0 atom stereocenters. The molecule has 0 bridgehead atoms. The summed E-state index contributed by atoms with van der Waals surface area (Å²) in [5.41, 5.74) is 1.02. The molecular formula is C24H24O2P+. The first-order valence-corrected chi connectivity index (χ1v) is 10.9. The van der Waals surface area contributed by atoms with Crippen LogP contribution in [0.25, 0.3) is 0 Å². The van der Waals surface area contributed by atoms with Gasteiger partial charge in [-0.25, -0.2) is 4.79 Å². The number of rotatable bonds is 6. The molecule has 2 nitrogen and oxygen atoms in total. The minimum Gasteiger partial charge on any atom is -0.466 e. The summed E-state index contributed by atoms with van der Waals surface area (Å²) in [5.74, 6) is -0.306. The van der Waals surface area contributed by atoms with Gasteiger partial charge in [0.1, 0.15) is 23.2 Å². The van der Waals surface area contributed by atoms with Crippen molar-refractivity contribution in [2.75, 3.05) is 13.3 Å². The molecule has 0 amide bonds. The molecule has 0 aliphatic heterocycles. The molecule has 0 heterocycles. The zero-order chi connectivity index (χ0) is 19.1. The van der Waals surface area contributed by atoms with Crippen LogP contribution in [-0.2, 0) is 9.53 Å². The van der Waals surface area contributed by atoms with Gasteiger partial charge < -0.3 is 4.74 Å². The van der Waals surface area contributed by atoms with E-state index < -0.39 is 7.26 Å². The highest BCUT2D eigenvalue weighted by atomic mass is 31.2. The molecule has 0 saturated carbocycles. The first-order valence-electron chi connectivity index (χ1n) is 8.97. The van der Waals surface area contributed by atoms with Crippen LogP contribution in [0.15, 0.2) is 103 Å². The van der Waals surface area contributed by atoms with E-state index in [2.05, 4.69) is 72.8 Å². The van der Waals surface area contributed by atoms with Crippen LogP contribution in [0.4, 0.5) is 0 Å². The molecule has 3 aromatic rings. The summed E-state index contributed by atoms with van der Waals surface area (Å²) in [6.07, 6.45) is 2.41. The predicted octanol–water partition coefficient (Wildman–Crippen LogP) is 4.10. The van der Waals surface area contributed by atoms with Crippen LogP contribution in [-0.4, -0.2) is 19.2 Å². The highest BCUT2D eigenvalue weighted by molar-refractivity contribution is 7.95. The summed E-state index contributed by atoms with van der Waals surface area (Å²) in [7, 11) is -0.535. The van der Waals surface area contributed by atoms with E-state index in [0.29, 0.717) is 0 Å². The molecule has 3 rings (SSSR count). The van der Waals surface area contributed by atoms with Crippen molar-refractivity contribution in [2.24, 2.45) is 0 Å². The number of methoxy groups -OCH3 is 1. The SMILES string of the molecule is COC(=O)/C=C(\C)C[P+](c1ccccc1)(c1ccccc1)c1ccccc1. The van der Waals surface area contributed by atoms with Gasteiger partial charge in [-0.2, -0.15) is 0 Å². The Morgan fingerprint density at radius 2 is 1.15 bits per heavy atom. The third-order valence-corrected chi connectivity index (χ3v) is 9.16. The molecule has 27 heavy (non-hydrogen) atoms. The molecule has 0 radical (unpaired) electrons. The molecule has 136 valence electrons. The van der Waals surface area contributed by atoms with Crippen LogP contribution >= 0.6 is 7.26 Å². The van der Waals surface area contributed by atoms with Gasteiger partial charge in [-0.1, -0.05) is 54.6 Å². The zero-order valence-corrected chi connectivity index (χ0v) is 16.6. The standard InChI is InChI=1S/C24H24O2P/c1-20(18-24(25)26-2)19-27(21-12-6-3-7-13-21,22-14-8-4-9-15-22)23-16-10-5-11-17-23/h3-18H,19H2,1-2H3/q+1/b20-18+. The predicted molar refractivity (Wildman–Crippen MR) is 116 cm³/mol. The van der Waals surface area contributed by atoms with Crippen molar-refractivity contribution in [3.05, 3.63) is 103 Å². The lowest BCUT2D eigenvalue weighted by atomic mass is 10.3. The van der Waals surface area contributed by atoms with E-state index in [0.717, 1.165) is 11.7 Å². The molecule has 0 N–H and O–H groups in total. The van der Waals surface area contributed by atoms with E-state index in [1.807, 2.05) is 25.1 Å². The average Bonchev–Trinajstić information content (AvgIpc) is 2.74. The maximum Gasteiger partial charge on any atom is 0.330 e. The van der Waals surface area contributed by atoms with E-state index >= 15 is 0 Å². The van der Waals surface area contributed by atoms with Crippen molar-refractivity contribution in [3.8, 4) is 0 Å². The highest BCUT2D eigenvalue weighted by Gasteiger charge is 2.45. The first-order chi connectivity index (χ1) is 13.2. The van der Waals surface area contributed by atoms with Gasteiger partial charge in [-0.3, -0.25) is 0 Å². The third-order valence-electron chi connectivity index (χ3n) is 4.64. The minimum atomic E-state index is -1.95. The van der Waals surface area contributed by atoms with Gasteiger partial charge >= 0.3 is 5.97 Å². The second kappa shape index (κ2) is 8.79. The summed E-state index contributed by atoms with van der Waals surface area (Å²) in [4.78, 5) is 11.8. The van der Waals surface area contributed by atoms with Crippen LogP contribution in [0.1, 0.15) is 6.92 Å². The lowest BCUT2D eigenvalue weighted by Gasteiger charge is -2.28. The van der Waals surface area contributed by atoms with Gasteiger partial charge in [-0.15, -0.1) is 0 Å². The molecule has 0 unspecified atom stereocenters. The number of esters is 1. The van der Waals surface area contributed by atoms with Crippen LogP contribution in [0.3, 0.4) is 0 Å². The van der Waals surface area contributed by atoms with Gasteiger partial charge in [0.15, 0.2) is 0 Å². The number of benzene rings is 3. The number of hydrogen-bond acceptors (Lipinski definition) is 2. The van der Waals surface area contributed by atoms with Crippen LogP contribution in [0, 0.1) is 0 Å². The summed E-state index contributed by atoms with van der Waals surface area (Å²) in [5, 5.41) is 3.92. The zero-order valence-electron chi connectivity index (χ0n) is 15.7. The fourth-order valence-electron chi connectivity index (χ4n) is 3.45. The van der Waals surface area contributed by atoms with Crippen LogP contribution < -0.4 is 15.9 Å². The van der Waals surface area contributed by atoms with Crippen molar-refractivity contribution in [1.29, 1.82) is 0 Å². The van der Waals surface area contributed by atoms with E-state index in [9.17, 15) is 4.79 Å². The first kappa shape index (κ1) is 19.1. The monoisotopic (exact) mass is 375 g/mol. The molecule has 3 aromatic carbocycles. The number of allylic oxidation sites excluding steroid dienone is 1. The van der Waals surface area contributed by atoms with Crippen molar-refractivity contribution >= 4 is 29.1 Å². The number of ether oxygens (including phenoxy) is 1. The maximum absolute atomic E-state index is 11.8. The Morgan fingerprint density at radius 3 is 1.48 bits per heavy atom. The van der Waals surface area contributed by atoms with Crippen molar-refractivity contribution in [1.82, 2.24) is 0 Å². The molecule has 0 aromatic heterocycles. The Morgan fingerprint density at radius 1 is 0.778 bits per heavy atom. The number of hydrogen-bond donors (Lipinski definition) is 0. The van der Waals surface area contributed by atoms with Crippen molar-refractivity contribution in [3.63, 3.8) is 0 Å². The molecule has 0 aliphatic rings. The number of carbonyl (C=O) groups is 1. The van der Waals surface area contributed by atoms with Crippen LogP contribution in [0.2, 0.25) is 0 Å². The van der Waals surface area contributed by atoms with Gasteiger partial charge in [0.25, 0.3) is 0 Å². The topological polar surface area (TPSA) is 26.3 Å². The molecule has 0 aliphatic carbocycles. The lowest BCUT2D eigenvalue weighted by Crippen LogP contribution is -2.33. The third kappa shape index (κ3) is 4.18. The Hall–Kier alpha value is -2.70. The Balaban J connectivity index is 2.26. The summed E-state index contributed by atoms with van der Waals surface area (Å²) in [6.45, 7) is 2.01.